The summed E-state index contributed by atoms with van der Waals surface area (Å²) in [5.41, 5.74) is 2.72. The van der Waals surface area contributed by atoms with Crippen LogP contribution in [-0.2, 0) is 4.79 Å². The van der Waals surface area contributed by atoms with Crippen molar-refractivity contribution in [3.05, 3.63) is 64.3 Å². The molecule has 0 aliphatic carbocycles. The molecule has 0 saturated carbocycles. The molecule has 0 spiro atoms. The molecule has 2 aromatic carbocycles. The smallest absolute Gasteiger partial charge is 0.266 e. The third-order valence-electron chi connectivity index (χ3n) is 4.27. The molecule has 0 unspecified atom stereocenters. The van der Waals surface area contributed by atoms with Gasteiger partial charge in [0, 0.05) is 27.4 Å². The van der Waals surface area contributed by atoms with Gasteiger partial charge < -0.3 is 14.8 Å². The number of hydrogen-bond acceptors (Lipinski definition) is 5. The fraction of sp³-hybridized carbons (Fsp3) is 0.0952. The van der Waals surface area contributed by atoms with Crippen molar-refractivity contribution in [2.75, 3.05) is 18.5 Å². The Balaban J connectivity index is 1.57. The number of benzene rings is 2. The van der Waals surface area contributed by atoms with Gasteiger partial charge in [0.15, 0.2) is 11.5 Å². The molecule has 0 saturated heterocycles. The largest absolute Gasteiger partial charge is 0.486 e. The fourth-order valence-electron chi connectivity index (χ4n) is 2.88. The number of halogens is 1. The highest BCUT2D eigenvalue weighted by atomic mass is 79.9. The molecular weight excluding hydrogens is 436 g/mol. The highest BCUT2D eigenvalue weighted by Crippen LogP contribution is 2.32. The standard InChI is InChI=1S/C21H15BrN4O3/c22-16-3-1-13(2-4-16)20-15(12-24-26-20)9-14(11-23)21(27)25-17-5-6-18-19(10-17)29-8-7-28-18/h1-6,9-10,12H,7-8H2,(H,24,26)(H,25,27)/b14-9+. The average molecular weight is 451 g/mol. The molecule has 1 aromatic heterocycles. The molecule has 29 heavy (non-hydrogen) atoms. The zero-order chi connectivity index (χ0) is 20.2. The molecule has 0 fully saturated rings. The molecule has 2 N–H and O–H groups in total. The molecule has 1 aliphatic heterocycles. The third kappa shape index (κ3) is 4.15. The lowest BCUT2D eigenvalue weighted by molar-refractivity contribution is -0.112. The second-order valence-electron chi connectivity index (χ2n) is 6.19. The number of ether oxygens (including phenoxy) is 2. The molecule has 1 amide bonds. The van der Waals surface area contributed by atoms with E-state index in [2.05, 4.69) is 31.4 Å². The van der Waals surface area contributed by atoms with Gasteiger partial charge in [-0.25, -0.2) is 0 Å². The predicted octanol–water partition coefficient (Wildman–Crippen LogP) is 4.16. The SMILES string of the molecule is N#C/C(=C\c1cn[nH]c1-c1ccc(Br)cc1)C(=O)Nc1ccc2c(c1)OCCO2. The number of carbonyl (C=O) groups is 1. The maximum atomic E-state index is 12.6. The minimum Gasteiger partial charge on any atom is -0.486 e. The van der Waals surface area contributed by atoms with E-state index in [1.807, 2.05) is 30.3 Å². The van der Waals surface area contributed by atoms with Crippen LogP contribution in [-0.4, -0.2) is 29.3 Å². The Hall–Kier alpha value is -3.57. The molecule has 144 valence electrons. The fourth-order valence-corrected chi connectivity index (χ4v) is 3.14. The second-order valence-corrected chi connectivity index (χ2v) is 7.11. The first-order valence-corrected chi connectivity index (χ1v) is 9.55. The quantitative estimate of drug-likeness (QED) is 0.459. The lowest BCUT2D eigenvalue weighted by Crippen LogP contribution is -2.17. The van der Waals surface area contributed by atoms with E-state index in [-0.39, 0.29) is 5.57 Å². The van der Waals surface area contributed by atoms with Crippen molar-refractivity contribution in [1.82, 2.24) is 10.2 Å². The van der Waals surface area contributed by atoms with E-state index in [1.54, 1.807) is 24.4 Å². The monoisotopic (exact) mass is 450 g/mol. The van der Waals surface area contributed by atoms with Gasteiger partial charge in [0.05, 0.1) is 11.9 Å². The van der Waals surface area contributed by atoms with Crippen molar-refractivity contribution in [3.8, 4) is 28.8 Å². The van der Waals surface area contributed by atoms with Crippen LogP contribution in [0, 0.1) is 11.3 Å². The maximum Gasteiger partial charge on any atom is 0.266 e. The van der Waals surface area contributed by atoms with Crippen molar-refractivity contribution >= 4 is 33.6 Å². The van der Waals surface area contributed by atoms with Crippen molar-refractivity contribution < 1.29 is 14.3 Å². The zero-order valence-corrected chi connectivity index (χ0v) is 16.7. The van der Waals surface area contributed by atoms with Crippen molar-refractivity contribution in [2.45, 2.75) is 0 Å². The van der Waals surface area contributed by atoms with E-state index in [0.717, 1.165) is 15.7 Å². The number of nitrogens with one attached hydrogen (secondary N) is 2. The van der Waals surface area contributed by atoms with E-state index in [4.69, 9.17) is 9.47 Å². The predicted molar refractivity (Wildman–Crippen MR) is 111 cm³/mol. The summed E-state index contributed by atoms with van der Waals surface area (Å²) in [4.78, 5) is 12.6. The van der Waals surface area contributed by atoms with Gasteiger partial charge in [-0.15, -0.1) is 0 Å². The third-order valence-corrected chi connectivity index (χ3v) is 4.80. The van der Waals surface area contributed by atoms with Gasteiger partial charge >= 0.3 is 0 Å². The van der Waals surface area contributed by atoms with Gasteiger partial charge in [0.25, 0.3) is 5.91 Å². The highest BCUT2D eigenvalue weighted by Gasteiger charge is 2.16. The minimum atomic E-state index is -0.521. The number of fused-ring (bicyclic) bond motifs is 1. The summed E-state index contributed by atoms with van der Waals surface area (Å²) in [7, 11) is 0. The molecule has 0 radical (unpaired) electrons. The van der Waals surface area contributed by atoms with Crippen LogP contribution in [0.5, 0.6) is 11.5 Å². The number of aromatic amines is 1. The van der Waals surface area contributed by atoms with Crippen LogP contribution in [0.3, 0.4) is 0 Å². The van der Waals surface area contributed by atoms with Crippen LogP contribution in [0.4, 0.5) is 5.69 Å². The van der Waals surface area contributed by atoms with Gasteiger partial charge in [-0.2, -0.15) is 10.4 Å². The lowest BCUT2D eigenvalue weighted by Gasteiger charge is -2.18. The molecular formula is C21H15BrN4O3. The van der Waals surface area contributed by atoms with E-state index in [0.29, 0.717) is 36.0 Å². The number of nitrogens with zero attached hydrogens (tertiary/aromatic N) is 2. The Bertz CT molecular complexity index is 1130. The highest BCUT2D eigenvalue weighted by molar-refractivity contribution is 9.10. The Morgan fingerprint density at radius 1 is 1.17 bits per heavy atom. The molecule has 8 heteroatoms. The maximum absolute atomic E-state index is 12.6. The number of anilines is 1. The first-order valence-electron chi connectivity index (χ1n) is 8.76. The first-order chi connectivity index (χ1) is 14.1. The normalized spacial score (nSPS) is 12.9. The van der Waals surface area contributed by atoms with Gasteiger partial charge in [-0.3, -0.25) is 9.89 Å². The summed E-state index contributed by atoms with van der Waals surface area (Å²) in [6.07, 6.45) is 3.08. The minimum absolute atomic E-state index is 0.0420. The van der Waals surface area contributed by atoms with Crippen LogP contribution in [0.15, 0.2) is 58.7 Å². The summed E-state index contributed by atoms with van der Waals surface area (Å²) in [6.45, 7) is 0.943. The number of rotatable bonds is 4. The van der Waals surface area contributed by atoms with E-state index in [1.165, 1.54) is 6.08 Å². The number of carbonyl (C=O) groups excluding carboxylic acids is 1. The Labute approximate surface area is 175 Å². The Morgan fingerprint density at radius 2 is 1.93 bits per heavy atom. The molecule has 7 nitrogen and oxygen atoms in total. The van der Waals surface area contributed by atoms with E-state index in [9.17, 15) is 10.1 Å². The summed E-state index contributed by atoms with van der Waals surface area (Å²) >= 11 is 3.40. The number of H-pyrrole nitrogens is 1. The number of aromatic nitrogens is 2. The van der Waals surface area contributed by atoms with Crippen LogP contribution in [0.2, 0.25) is 0 Å². The average Bonchev–Trinajstić information content (AvgIpc) is 3.20. The van der Waals surface area contributed by atoms with Crippen LogP contribution >= 0.6 is 15.9 Å². The number of hydrogen-bond donors (Lipinski definition) is 2. The number of nitriles is 1. The summed E-state index contributed by atoms with van der Waals surface area (Å²) < 4.78 is 11.9. The topological polar surface area (TPSA) is 100 Å². The van der Waals surface area contributed by atoms with Gasteiger partial charge in [0.2, 0.25) is 0 Å². The lowest BCUT2D eigenvalue weighted by atomic mass is 10.1. The van der Waals surface area contributed by atoms with Gasteiger partial charge in [-0.1, -0.05) is 28.1 Å². The molecule has 4 rings (SSSR count). The van der Waals surface area contributed by atoms with Gasteiger partial charge in [-0.05, 0) is 30.3 Å². The Kier molecular flexibility index (Phi) is 5.31. The van der Waals surface area contributed by atoms with Crippen molar-refractivity contribution in [3.63, 3.8) is 0 Å². The van der Waals surface area contributed by atoms with E-state index < -0.39 is 5.91 Å². The molecule has 0 atom stereocenters. The van der Waals surface area contributed by atoms with Crippen molar-refractivity contribution in [1.29, 1.82) is 5.26 Å². The Morgan fingerprint density at radius 3 is 2.69 bits per heavy atom. The van der Waals surface area contributed by atoms with Crippen molar-refractivity contribution in [2.24, 2.45) is 0 Å². The van der Waals surface area contributed by atoms with Crippen LogP contribution < -0.4 is 14.8 Å². The first kappa shape index (κ1) is 18.8. The summed E-state index contributed by atoms with van der Waals surface area (Å²) in [5.74, 6) is 0.666. The summed E-state index contributed by atoms with van der Waals surface area (Å²) in [5, 5.41) is 19.2. The second kappa shape index (κ2) is 8.20. The van der Waals surface area contributed by atoms with Crippen LogP contribution in [0.1, 0.15) is 5.56 Å². The zero-order valence-electron chi connectivity index (χ0n) is 15.1. The molecule has 3 aromatic rings. The van der Waals surface area contributed by atoms with E-state index >= 15 is 0 Å². The summed E-state index contributed by atoms with van der Waals surface area (Å²) in [6, 6.07) is 14.7. The van der Waals surface area contributed by atoms with Gasteiger partial charge in [0.1, 0.15) is 24.9 Å². The molecule has 1 aliphatic rings. The molecule has 0 bridgehead atoms. The molecule has 2 heterocycles. The number of amides is 1. The van der Waals surface area contributed by atoms with Crippen LogP contribution in [0.25, 0.3) is 17.3 Å².